The number of amides is 2. The van der Waals surface area contributed by atoms with Crippen molar-refractivity contribution in [2.24, 2.45) is 0 Å². The highest BCUT2D eigenvalue weighted by Crippen LogP contribution is 2.26. The van der Waals surface area contributed by atoms with Crippen molar-refractivity contribution in [3.05, 3.63) is 23.8 Å². The summed E-state index contributed by atoms with van der Waals surface area (Å²) < 4.78 is 28.1. The van der Waals surface area contributed by atoms with Crippen molar-refractivity contribution in [2.45, 2.75) is 25.3 Å². The Hall–Kier alpha value is -2.09. The molecule has 1 atom stereocenters. The molecule has 1 fully saturated rings. The normalized spacial score (nSPS) is 22.1. The lowest BCUT2D eigenvalue weighted by Crippen LogP contribution is -2.38. The Bertz CT molecular complexity index is 744. The van der Waals surface area contributed by atoms with Gasteiger partial charge in [0.2, 0.25) is 5.91 Å². The number of carbonyl (C=O) groups is 2. The van der Waals surface area contributed by atoms with Crippen molar-refractivity contribution in [3.8, 4) is 5.75 Å². The minimum Gasteiger partial charge on any atom is -0.484 e. The number of anilines is 1. The number of benzene rings is 1. The number of hydrogen-bond donors (Lipinski definition) is 2. The monoisotopic (exact) mass is 338 g/mol. The molecule has 23 heavy (non-hydrogen) atoms. The second-order valence-electron chi connectivity index (χ2n) is 5.82. The number of nitrogens with one attached hydrogen (secondary N) is 2. The van der Waals surface area contributed by atoms with E-state index in [0.29, 0.717) is 25.0 Å². The highest BCUT2D eigenvalue weighted by atomic mass is 32.2. The molecular formula is C15H18N2O5S. The summed E-state index contributed by atoms with van der Waals surface area (Å²) in [6.07, 6.45) is 1.53. The summed E-state index contributed by atoms with van der Waals surface area (Å²) in [5.74, 6) is 0.330. The molecule has 2 amide bonds. The average Bonchev–Trinajstić information content (AvgIpc) is 2.84. The molecule has 124 valence electrons. The van der Waals surface area contributed by atoms with Crippen LogP contribution >= 0.6 is 0 Å². The number of ether oxygens (including phenoxy) is 1. The molecule has 2 aliphatic rings. The lowest BCUT2D eigenvalue weighted by molar-refractivity contribution is -0.123. The summed E-state index contributed by atoms with van der Waals surface area (Å²) in [5.41, 5.74) is 1.75. The van der Waals surface area contributed by atoms with Gasteiger partial charge in [-0.3, -0.25) is 9.59 Å². The fourth-order valence-electron chi connectivity index (χ4n) is 2.78. The van der Waals surface area contributed by atoms with Crippen LogP contribution < -0.4 is 15.4 Å². The van der Waals surface area contributed by atoms with Crippen molar-refractivity contribution in [1.29, 1.82) is 0 Å². The lowest BCUT2D eigenvalue weighted by atomic mass is 10.0. The first-order valence-electron chi connectivity index (χ1n) is 7.47. The summed E-state index contributed by atoms with van der Waals surface area (Å²) in [6, 6.07) is 4.93. The number of rotatable bonds is 4. The maximum atomic E-state index is 11.8. The molecule has 0 bridgehead atoms. The van der Waals surface area contributed by atoms with Crippen LogP contribution in [0, 0.1) is 0 Å². The van der Waals surface area contributed by atoms with Crippen molar-refractivity contribution >= 4 is 27.3 Å². The zero-order valence-electron chi connectivity index (χ0n) is 12.5. The van der Waals surface area contributed by atoms with Gasteiger partial charge in [0.15, 0.2) is 16.4 Å². The molecule has 3 rings (SSSR count). The summed E-state index contributed by atoms with van der Waals surface area (Å²) in [7, 11) is -3.01. The molecule has 8 heteroatoms. The van der Waals surface area contributed by atoms with Gasteiger partial charge in [-0.2, -0.15) is 0 Å². The quantitative estimate of drug-likeness (QED) is 0.820. The number of sulfone groups is 1. The molecule has 0 saturated carbocycles. The van der Waals surface area contributed by atoms with E-state index in [-0.39, 0.29) is 36.0 Å². The van der Waals surface area contributed by atoms with E-state index in [0.717, 1.165) is 11.3 Å². The molecular weight excluding hydrogens is 320 g/mol. The second kappa shape index (κ2) is 6.19. The first-order valence-corrected chi connectivity index (χ1v) is 9.29. The van der Waals surface area contributed by atoms with E-state index in [1.807, 2.05) is 6.07 Å². The summed E-state index contributed by atoms with van der Waals surface area (Å²) >= 11 is 0. The molecule has 0 aliphatic carbocycles. The van der Waals surface area contributed by atoms with E-state index in [4.69, 9.17) is 4.74 Å². The van der Waals surface area contributed by atoms with E-state index < -0.39 is 9.84 Å². The number of aryl methyl sites for hydroxylation is 1. The second-order valence-corrected chi connectivity index (χ2v) is 8.05. The van der Waals surface area contributed by atoms with E-state index in [1.165, 1.54) is 0 Å². The third-order valence-electron chi connectivity index (χ3n) is 3.94. The molecule has 0 spiro atoms. The van der Waals surface area contributed by atoms with Gasteiger partial charge in [0.1, 0.15) is 5.75 Å². The van der Waals surface area contributed by atoms with Crippen molar-refractivity contribution in [1.82, 2.24) is 5.32 Å². The number of hydrogen-bond acceptors (Lipinski definition) is 5. The third-order valence-corrected chi connectivity index (χ3v) is 5.71. The van der Waals surface area contributed by atoms with Crippen LogP contribution in [0.2, 0.25) is 0 Å². The Morgan fingerprint density at radius 2 is 2.17 bits per heavy atom. The SMILES string of the molecule is O=C1CCc2cc(OCC(=O)N[C@@H]3CCS(=O)(=O)C3)ccc2N1. The molecule has 0 radical (unpaired) electrons. The highest BCUT2D eigenvalue weighted by molar-refractivity contribution is 7.91. The van der Waals surface area contributed by atoms with Crippen LogP contribution in [0.5, 0.6) is 5.75 Å². The third kappa shape index (κ3) is 4.01. The highest BCUT2D eigenvalue weighted by Gasteiger charge is 2.28. The molecule has 0 unspecified atom stereocenters. The lowest BCUT2D eigenvalue weighted by Gasteiger charge is -2.18. The van der Waals surface area contributed by atoms with E-state index >= 15 is 0 Å². The fraction of sp³-hybridized carbons (Fsp3) is 0.467. The van der Waals surface area contributed by atoms with Crippen LogP contribution in [0.15, 0.2) is 18.2 Å². The molecule has 2 N–H and O–H groups in total. The van der Waals surface area contributed by atoms with Gasteiger partial charge in [0, 0.05) is 18.2 Å². The van der Waals surface area contributed by atoms with Crippen LogP contribution in [0.1, 0.15) is 18.4 Å². The van der Waals surface area contributed by atoms with Gasteiger partial charge in [0.05, 0.1) is 11.5 Å². The average molecular weight is 338 g/mol. The number of fused-ring (bicyclic) bond motifs is 1. The van der Waals surface area contributed by atoms with Crippen LogP contribution in [-0.2, 0) is 25.8 Å². The van der Waals surface area contributed by atoms with Crippen molar-refractivity contribution in [3.63, 3.8) is 0 Å². The standard InChI is InChI=1S/C15H18N2O5S/c18-14-4-1-10-7-12(2-3-13(10)17-14)22-8-15(19)16-11-5-6-23(20,21)9-11/h2-3,7,11H,1,4-6,8-9H2,(H,16,19)(H,17,18)/t11-/m1/s1. The van der Waals surface area contributed by atoms with Crippen molar-refractivity contribution in [2.75, 3.05) is 23.4 Å². The van der Waals surface area contributed by atoms with Crippen LogP contribution in [0.25, 0.3) is 0 Å². The first kappa shape index (κ1) is 15.8. The van der Waals surface area contributed by atoms with Gasteiger partial charge >= 0.3 is 0 Å². The van der Waals surface area contributed by atoms with E-state index in [1.54, 1.807) is 12.1 Å². The van der Waals surface area contributed by atoms with Crippen LogP contribution in [0.4, 0.5) is 5.69 Å². The Morgan fingerprint density at radius 3 is 2.91 bits per heavy atom. The zero-order chi connectivity index (χ0) is 16.4. The van der Waals surface area contributed by atoms with Crippen molar-refractivity contribution < 1.29 is 22.7 Å². The molecule has 7 nitrogen and oxygen atoms in total. The molecule has 0 aromatic heterocycles. The fourth-order valence-corrected chi connectivity index (χ4v) is 4.45. The minimum atomic E-state index is -3.01. The maximum Gasteiger partial charge on any atom is 0.258 e. The summed E-state index contributed by atoms with van der Waals surface area (Å²) in [6.45, 7) is -0.165. The van der Waals surface area contributed by atoms with Gasteiger partial charge in [-0.15, -0.1) is 0 Å². The number of carbonyl (C=O) groups excluding carboxylic acids is 2. The molecule has 2 heterocycles. The smallest absolute Gasteiger partial charge is 0.258 e. The predicted octanol–water partition coefficient (Wildman–Crippen LogP) is 0.253. The van der Waals surface area contributed by atoms with Gasteiger partial charge in [-0.25, -0.2) is 8.42 Å². The first-order chi connectivity index (χ1) is 10.9. The maximum absolute atomic E-state index is 11.8. The largest absolute Gasteiger partial charge is 0.484 e. The van der Waals surface area contributed by atoms with Gasteiger partial charge in [-0.05, 0) is 36.6 Å². The zero-order valence-corrected chi connectivity index (χ0v) is 13.3. The van der Waals surface area contributed by atoms with Crippen LogP contribution in [0.3, 0.4) is 0 Å². The topological polar surface area (TPSA) is 102 Å². The van der Waals surface area contributed by atoms with Gasteiger partial charge < -0.3 is 15.4 Å². The Morgan fingerprint density at radius 1 is 1.35 bits per heavy atom. The molecule has 2 aliphatic heterocycles. The van der Waals surface area contributed by atoms with Gasteiger partial charge in [-0.1, -0.05) is 0 Å². The molecule has 1 saturated heterocycles. The Labute approximate surface area is 134 Å². The predicted molar refractivity (Wildman–Crippen MR) is 84.1 cm³/mol. The summed E-state index contributed by atoms with van der Waals surface area (Å²) in [5, 5.41) is 5.45. The van der Waals surface area contributed by atoms with E-state index in [9.17, 15) is 18.0 Å². The Balaban J connectivity index is 1.52. The Kier molecular flexibility index (Phi) is 4.25. The van der Waals surface area contributed by atoms with Crippen LogP contribution in [-0.4, -0.2) is 44.4 Å². The molecule has 1 aromatic rings. The molecule has 1 aromatic carbocycles. The summed E-state index contributed by atoms with van der Waals surface area (Å²) in [4.78, 5) is 23.1. The minimum absolute atomic E-state index is 0.00270. The van der Waals surface area contributed by atoms with Gasteiger partial charge in [0.25, 0.3) is 5.91 Å². The van der Waals surface area contributed by atoms with E-state index in [2.05, 4.69) is 10.6 Å².